The van der Waals surface area contributed by atoms with Gasteiger partial charge in [0.25, 0.3) is 5.91 Å². The molecule has 0 aliphatic carbocycles. The molecule has 1 aromatic carbocycles. The number of amides is 1. The number of carboxylic acids is 1. The van der Waals surface area contributed by atoms with Crippen LogP contribution in [0.3, 0.4) is 0 Å². The normalized spacial score (nSPS) is 10.8. The minimum atomic E-state index is -0.988. The van der Waals surface area contributed by atoms with Gasteiger partial charge < -0.3 is 5.11 Å². The molecule has 0 radical (unpaired) electrons. The zero-order chi connectivity index (χ0) is 17.5. The minimum Gasteiger partial charge on any atom is -0.478 e. The molecule has 1 aromatic heterocycles. The number of hydrogen-bond acceptors (Lipinski definition) is 6. The van der Waals surface area contributed by atoms with Gasteiger partial charge in [-0.3, -0.25) is 4.79 Å². The monoisotopic (exact) mass is 344 g/mol. The third kappa shape index (κ3) is 5.47. The number of nitrogens with zero attached hydrogens (tertiary/aromatic N) is 3. The molecule has 8 heteroatoms. The molecule has 0 atom stereocenters. The Morgan fingerprint density at radius 1 is 1.21 bits per heavy atom. The predicted octanol–water partition coefficient (Wildman–Crippen LogP) is 2.03. The van der Waals surface area contributed by atoms with Crippen molar-refractivity contribution in [2.75, 3.05) is 5.75 Å². The third-order valence-electron chi connectivity index (χ3n) is 2.85. The van der Waals surface area contributed by atoms with Gasteiger partial charge in [0.05, 0.1) is 17.5 Å². The Balaban J connectivity index is 1.83. The van der Waals surface area contributed by atoms with Crippen molar-refractivity contribution in [2.45, 2.75) is 19.0 Å². The van der Waals surface area contributed by atoms with Crippen LogP contribution in [0.25, 0.3) is 0 Å². The van der Waals surface area contributed by atoms with E-state index >= 15 is 0 Å². The van der Waals surface area contributed by atoms with E-state index in [-0.39, 0.29) is 17.2 Å². The van der Waals surface area contributed by atoms with Gasteiger partial charge in [0.1, 0.15) is 0 Å². The van der Waals surface area contributed by atoms with Crippen molar-refractivity contribution in [1.82, 2.24) is 15.4 Å². The standard InChI is InChI=1S/C16H16N4O3S/c1-10-7-11(2)19-16(18-10)24-9-14(21)20-17-8-12-3-5-13(6-4-12)15(22)23/h3-8H,9H2,1-2H3,(H,20,21)(H,22,23)/b17-8+. The minimum absolute atomic E-state index is 0.151. The van der Waals surface area contributed by atoms with Crippen LogP contribution in [-0.2, 0) is 4.79 Å². The van der Waals surface area contributed by atoms with Crippen molar-refractivity contribution < 1.29 is 14.7 Å². The first-order chi connectivity index (χ1) is 11.4. The SMILES string of the molecule is Cc1cc(C)nc(SCC(=O)N/N=C/c2ccc(C(=O)O)cc2)n1. The van der Waals surface area contributed by atoms with E-state index in [1.54, 1.807) is 12.1 Å². The maximum Gasteiger partial charge on any atom is 0.335 e. The fraction of sp³-hybridized carbons (Fsp3) is 0.188. The summed E-state index contributed by atoms with van der Waals surface area (Å²) in [7, 11) is 0. The summed E-state index contributed by atoms with van der Waals surface area (Å²) in [5, 5.41) is 13.2. The van der Waals surface area contributed by atoms with Crippen molar-refractivity contribution in [3.63, 3.8) is 0 Å². The van der Waals surface area contributed by atoms with Gasteiger partial charge in [-0.15, -0.1) is 0 Å². The van der Waals surface area contributed by atoms with Crippen LogP contribution in [-0.4, -0.2) is 38.9 Å². The molecule has 1 amide bonds. The first kappa shape index (κ1) is 17.6. The van der Waals surface area contributed by atoms with Crippen LogP contribution in [0.5, 0.6) is 0 Å². The number of thioether (sulfide) groups is 1. The van der Waals surface area contributed by atoms with E-state index in [2.05, 4.69) is 20.5 Å². The number of carboxylic acid groups (broad SMARTS) is 1. The number of hydrazone groups is 1. The average Bonchev–Trinajstić information content (AvgIpc) is 2.52. The van der Waals surface area contributed by atoms with Crippen LogP contribution >= 0.6 is 11.8 Å². The molecule has 0 saturated carbocycles. The summed E-state index contributed by atoms with van der Waals surface area (Å²) in [6.45, 7) is 3.75. The molecule has 0 aliphatic rings. The lowest BCUT2D eigenvalue weighted by atomic mass is 10.1. The molecule has 7 nitrogen and oxygen atoms in total. The Morgan fingerprint density at radius 2 is 1.83 bits per heavy atom. The predicted molar refractivity (Wildman–Crippen MR) is 91.4 cm³/mol. The Morgan fingerprint density at radius 3 is 2.42 bits per heavy atom. The highest BCUT2D eigenvalue weighted by Crippen LogP contribution is 2.13. The van der Waals surface area contributed by atoms with Crippen LogP contribution in [0.15, 0.2) is 40.6 Å². The smallest absolute Gasteiger partial charge is 0.335 e. The number of carbonyl (C=O) groups is 2. The Kier molecular flexibility index (Phi) is 6.02. The number of aromatic nitrogens is 2. The van der Waals surface area contributed by atoms with Crippen molar-refractivity contribution in [1.29, 1.82) is 0 Å². The maximum absolute atomic E-state index is 11.7. The second-order valence-corrected chi connectivity index (χ2v) is 5.88. The first-order valence-electron chi connectivity index (χ1n) is 7.04. The molecule has 0 unspecified atom stereocenters. The molecule has 2 N–H and O–H groups in total. The van der Waals surface area contributed by atoms with E-state index in [9.17, 15) is 9.59 Å². The largest absolute Gasteiger partial charge is 0.478 e. The van der Waals surface area contributed by atoms with Crippen LogP contribution in [0.1, 0.15) is 27.3 Å². The van der Waals surface area contributed by atoms with E-state index in [1.807, 2.05) is 19.9 Å². The summed E-state index contributed by atoms with van der Waals surface area (Å²) in [6.07, 6.45) is 1.45. The maximum atomic E-state index is 11.7. The number of rotatable bonds is 6. The average molecular weight is 344 g/mol. The molecule has 0 saturated heterocycles. The summed E-state index contributed by atoms with van der Waals surface area (Å²) in [6, 6.07) is 8.02. The van der Waals surface area contributed by atoms with Gasteiger partial charge in [-0.25, -0.2) is 20.2 Å². The quantitative estimate of drug-likeness (QED) is 0.360. The second kappa shape index (κ2) is 8.21. The molecule has 2 rings (SSSR count). The molecular formula is C16H16N4O3S. The number of aromatic carboxylic acids is 1. The molecule has 124 valence electrons. The van der Waals surface area contributed by atoms with Gasteiger partial charge in [-0.1, -0.05) is 23.9 Å². The Hall–Kier alpha value is -2.74. The van der Waals surface area contributed by atoms with Crippen molar-refractivity contribution in [2.24, 2.45) is 5.10 Å². The molecule has 24 heavy (non-hydrogen) atoms. The Labute approximate surface area is 143 Å². The zero-order valence-electron chi connectivity index (χ0n) is 13.2. The molecular weight excluding hydrogens is 328 g/mol. The van der Waals surface area contributed by atoms with Crippen molar-refractivity contribution in [3.05, 3.63) is 52.8 Å². The second-order valence-electron chi connectivity index (χ2n) is 4.94. The fourth-order valence-electron chi connectivity index (χ4n) is 1.81. The highest BCUT2D eigenvalue weighted by molar-refractivity contribution is 7.99. The summed E-state index contributed by atoms with van der Waals surface area (Å²) < 4.78 is 0. The number of benzene rings is 1. The highest BCUT2D eigenvalue weighted by atomic mass is 32.2. The van der Waals surface area contributed by atoms with Gasteiger partial charge >= 0.3 is 5.97 Å². The van der Waals surface area contributed by atoms with Crippen LogP contribution in [0, 0.1) is 13.8 Å². The molecule has 2 aromatic rings. The van der Waals surface area contributed by atoms with Crippen LogP contribution in [0.2, 0.25) is 0 Å². The topological polar surface area (TPSA) is 105 Å². The van der Waals surface area contributed by atoms with Gasteiger partial charge in [0.2, 0.25) is 0 Å². The number of carbonyl (C=O) groups excluding carboxylic acids is 1. The lowest BCUT2D eigenvalue weighted by Gasteiger charge is -2.02. The summed E-state index contributed by atoms with van der Waals surface area (Å²) >= 11 is 1.23. The summed E-state index contributed by atoms with van der Waals surface area (Å²) in [5.41, 5.74) is 5.00. The summed E-state index contributed by atoms with van der Waals surface area (Å²) in [4.78, 5) is 31.0. The van der Waals surface area contributed by atoms with Crippen molar-refractivity contribution in [3.8, 4) is 0 Å². The number of aryl methyl sites for hydroxylation is 2. The molecule has 1 heterocycles. The van der Waals surface area contributed by atoms with Gasteiger partial charge in [0, 0.05) is 11.4 Å². The summed E-state index contributed by atoms with van der Waals surface area (Å²) in [5.74, 6) is -1.11. The molecule has 0 spiro atoms. The highest BCUT2D eigenvalue weighted by Gasteiger charge is 2.05. The molecule has 0 bridgehead atoms. The number of hydrogen-bond donors (Lipinski definition) is 2. The van der Waals surface area contributed by atoms with E-state index in [0.29, 0.717) is 10.7 Å². The first-order valence-corrected chi connectivity index (χ1v) is 8.03. The van der Waals surface area contributed by atoms with Gasteiger partial charge in [-0.2, -0.15) is 5.10 Å². The molecule has 0 fully saturated rings. The van der Waals surface area contributed by atoms with Gasteiger partial charge in [0.15, 0.2) is 5.16 Å². The van der Waals surface area contributed by atoms with Crippen LogP contribution in [0.4, 0.5) is 0 Å². The molecule has 0 aliphatic heterocycles. The van der Waals surface area contributed by atoms with Crippen molar-refractivity contribution >= 4 is 29.9 Å². The lowest BCUT2D eigenvalue weighted by Crippen LogP contribution is -2.19. The fourth-order valence-corrected chi connectivity index (χ4v) is 2.55. The lowest BCUT2D eigenvalue weighted by molar-refractivity contribution is -0.118. The van der Waals surface area contributed by atoms with Gasteiger partial charge in [-0.05, 0) is 37.6 Å². The van der Waals surface area contributed by atoms with E-state index in [0.717, 1.165) is 11.4 Å². The van der Waals surface area contributed by atoms with E-state index in [1.165, 1.54) is 30.1 Å². The third-order valence-corrected chi connectivity index (χ3v) is 3.70. The zero-order valence-corrected chi connectivity index (χ0v) is 14.0. The number of nitrogens with one attached hydrogen (secondary N) is 1. The van der Waals surface area contributed by atoms with E-state index < -0.39 is 5.97 Å². The Bertz CT molecular complexity index is 755. The van der Waals surface area contributed by atoms with E-state index in [4.69, 9.17) is 5.11 Å². The van der Waals surface area contributed by atoms with Crippen LogP contribution < -0.4 is 5.43 Å².